The van der Waals surface area contributed by atoms with E-state index in [0.29, 0.717) is 10.9 Å². The summed E-state index contributed by atoms with van der Waals surface area (Å²) in [6.07, 6.45) is 0.198. The minimum absolute atomic E-state index is 0.0709. The lowest BCUT2D eigenvalue weighted by Crippen LogP contribution is -2.31. The molecule has 2 aromatic carbocycles. The average Bonchev–Trinajstić information content (AvgIpc) is 2.72. The first-order chi connectivity index (χ1) is 14.7. The van der Waals surface area contributed by atoms with Crippen molar-refractivity contribution < 1.29 is 14.3 Å². The third-order valence-electron chi connectivity index (χ3n) is 4.56. The van der Waals surface area contributed by atoms with Gasteiger partial charge in [0.15, 0.2) is 6.10 Å². The zero-order chi connectivity index (χ0) is 22.7. The van der Waals surface area contributed by atoms with E-state index in [4.69, 9.17) is 39.5 Å². The van der Waals surface area contributed by atoms with Crippen LogP contribution in [-0.4, -0.2) is 27.5 Å². The SMILES string of the molecule is Cc1cccc2c(=O)n(CCC(=O)OC(C)C(=O)Nc3cc(Cl)c(Cl)cc3Cl)cnc12. The van der Waals surface area contributed by atoms with E-state index >= 15 is 0 Å². The van der Waals surface area contributed by atoms with Crippen molar-refractivity contribution >= 4 is 63.3 Å². The van der Waals surface area contributed by atoms with E-state index in [0.717, 1.165) is 5.56 Å². The van der Waals surface area contributed by atoms with Crippen molar-refractivity contribution in [2.24, 2.45) is 0 Å². The predicted molar refractivity (Wildman–Crippen MR) is 121 cm³/mol. The van der Waals surface area contributed by atoms with Crippen molar-refractivity contribution in [3.8, 4) is 0 Å². The summed E-state index contributed by atoms with van der Waals surface area (Å²) in [7, 11) is 0. The Balaban J connectivity index is 1.60. The number of aryl methyl sites for hydroxylation is 2. The van der Waals surface area contributed by atoms with Gasteiger partial charge in [-0.15, -0.1) is 0 Å². The molecule has 0 aliphatic heterocycles. The van der Waals surface area contributed by atoms with Crippen molar-refractivity contribution in [3.05, 3.63) is 67.6 Å². The molecule has 0 radical (unpaired) electrons. The van der Waals surface area contributed by atoms with E-state index in [1.165, 1.54) is 30.0 Å². The Morgan fingerprint density at radius 3 is 2.61 bits per heavy atom. The number of benzene rings is 2. The number of nitrogens with one attached hydrogen (secondary N) is 1. The highest BCUT2D eigenvalue weighted by molar-refractivity contribution is 6.44. The van der Waals surface area contributed by atoms with Crippen LogP contribution in [-0.2, 0) is 20.9 Å². The Morgan fingerprint density at radius 2 is 1.87 bits per heavy atom. The largest absolute Gasteiger partial charge is 0.452 e. The van der Waals surface area contributed by atoms with Crippen LogP contribution >= 0.6 is 34.8 Å². The number of para-hydroxylation sites is 1. The van der Waals surface area contributed by atoms with Crippen molar-refractivity contribution in [3.63, 3.8) is 0 Å². The van der Waals surface area contributed by atoms with Gasteiger partial charge in [0.1, 0.15) is 0 Å². The van der Waals surface area contributed by atoms with Crippen molar-refractivity contribution in [1.82, 2.24) is 9.55 Å². The van der Waals surface area contributed by atoms with Crippen LogP contribution in [0.1, 0.15) is 18.9 Å². The van der Waals surface area contributed by atoms with Gasteiger partial charge >= 0.3 is 5.97 Å². The van der Waals surface area contributed by atoms with E-state index in [1.54, 1.807) is 12.1 Å². The molecule has 1 heterocycles. The molecule has 1 aromatic heterocycles. The molecule has 0 spiro atoms. The van der Waals surface area contributed by atoms with Crippen molar-refractivity contribution in [1.29, 1.82) is 0 Å². The molecule has 3 rings (SSSR count). The molecule has 0 saturated carbocycles. The van der Waals surface area contributed by atoms with Gasteiger partial charge in [-0.1, -0.05) is 46.9 Å². The Labute approximate surface area is 192 Å². The summed E-state index contributed by atoms with van der Waals surface area (Å²) in [5.74, 6) is -1.23. The van der Waals surface area contributed by atoms with Crippen molar-refractivity contribution in [2.45, 2.75) is 32.9 Å². The van der Waals surface area contributed by atoms with Gasteiger partial charge in [-0.25, -0.2) is 4.98 Å². The number of hydrogen-bond acceptors (Lipinski definition) is 5. The molecule has 1 atom stereocenters. The van der Waals surface area contributed by atoms with Crippen molar-refractivity contribution in [2.75, 3.05) is 5.32 Å². The van der Waals surface area contributed by atoms with Gasteiger partial charge < -0.3 is 10.1 Å². The number of hydrogen-bond donors (Lipinski definition) is 1. The topological polar surface area (TPSA) is 90.3 Å². The molecular formula is C21H18Cl3N3O4. The molecule has 3 aromatic rings. The van der Waals surface area contributed by atoms with Gasteiger partial charge in [-0.05, 0) is 37.6 Å². The number of rotatable bonds is 6. The number of amides is 1. The molecule has 0 bridgehead atoms. The summed E-state index contributed by atoms with van der Waals surface area (Å²) in [5, 5.41) is 3.67. The minimum atomic E-state index is -1.09. The first-order valence-corrected chi connectivity index (χ1v) is 10.4. The van der Waals surface area contributed by atoms with Gasteiger partial charge in [0.25, 0.3) is 11.5 Å². The fourth-order valence-corrected chi connectivity index (χ4v) is 3.46. The van der Waals surface area contributed by atoms with Gasteiger partial charge in [0, 0.05) is 6.54 Å². The van der Waals surface area contributed by atoms with Crippen LogP contribution in [0.3, 0.4) is 0 Å². The second kappa shape index (κ2) is 9.68. The standard InChI is InChI=1S/C21H18Cl3N3O4/c1-11-4-3-5-13-19(11)25-10-27(21(13)30)7-6-18(28)31-12(2)20(29)26-17-9-15(23)14(22)8-16(17)24/h3-5,8-10,12H,6-7H2,1-2H3,(H,26,29). The van der Waals surface area contributed by atoms with Crippen LogP contribution in [0.4, 0.5) is 5.69 Å². The smallest absolute Gasteiger partial charge is 0.308 e. The highest BCUT2D eigenvalue weighted by Gasteiger charge is 2.20. The number of nitrogens with zero attached hydrogens (tertiary/aromatic N) is 2. The maximum Gasteiger partial charge on any atom is 0.308 e. The summed E-state index contributed by atoms with van der Waals surface area (Å²) in [4.78, 5) is 41.4. The molecule has 31 heavy (non-hydrogen) atoms. The monoisotopic (exact) mass is 481 g/mol. The normalized spacial score (nSPS) is 11.9. The highest BCUT2D eigenvalue weighted by atomic mass is 35.5. The van der Waals surface area contributed by atoms with E-state index in [1.807, 2.05) is 13.0 Å². The Kier molecular flexibility index (Phi) is 7.20. The Morgan fingerprint density at radius 1 is 1.16 bits per heavy atom. The lowest BCUT2D eigenvalue weighted by atomic mass is 10.1. The number of ether oxygens (including phenoxy) is 1. The minimum Gasteiger partial charge on any atom is -0.452 e. The molecule has 0 aliphatic carbocycles. The van der Waals surface area contributed by atoms with E-state index in [9.17, 15) is 14.4 Å². The van der Waals surface area contributed by atoms with Crippen LogP contribution in [0.15, 0.2) is 41.5 Å². The summed E-state index contributed by atoms with van der Waals surface area (Å²) < 4.78 is 6.49. The molecule has 1 amide bonds. The zero-order valence-electron chi connectivity index (χ0n) is 16.6. The molecule has 0 fully saturated rings. The van der Waals surface area contributed by atoms with Crippen LogP contribution in [0.25, 0.3) is 10.9 Å². The number of halogens is 3. The zero-order valence-corrected chi connectivity index (χ0v) is 18.9. The first kappa shape index (κ1) is 23.1. The maximum absolute atomic E-state index is 12.6. The Bertz CT molecular complexity index is 1230. The van der Waals surface area contributed by atoms with Crippen LogP contribution in [0, 0.1) is 6.92 Å². The first-order valence-electron chi connectivity index (χ1n) is 9.27. The number of carbonyl (C=O) groups is 2. The second-order valence-corrected chi connectivity index (χ2v) is 8.05. The Hall–Kier alpha value is -2.61. The van der Waals surface area contributed by atoms with E-state index < -0.39 is 18.0 Å². The molecule has 162 valence electrons. The summed E-state index contributed by atoms with van der Waals surface area (Å²) in [5.41, 5.74) is 1.51. The van der Waals surface area contributed by atoms with Gasteiger partial charge in [0.2, 0.25) is 0 Å². The van der Waals surface area contributed by atoms with E-state index in [-0.39, 0.29) is 39.3 Å². The lowest BCUT2D eigenvalue weighted by molar-refractivity contribution is -0.153. The summed E-state index contributed by atoms with van der Waals surface area (Å²) >= 11 is 17.8. The second-order valence-electron chi connectivity index (χ2n) is 6.83. The number of anilines is 1. The molecule has 10 heteroatoms. The number of carbonyl (C=O) groups excluding carboxylic acids is 2. The fraction of sp³-hybridized carbons (Fsp3) is 0.238. The number of fused-ring (bicyclic) bond motifs is 1. The quantitative estimate of drug-likeness (QED) is 0.409. The molecule has 0 saturated heterocycles. The van der Waals surface area contributed by atoms with Gasteiger partial charge in [0.05, 0.1) is 44.4 Å². The van der Waals surface area contributed by atoms with Crippen LogP contribution in [0.5, 0.6) is 0 Å². The van der Waals surface area contributed by atoms with Crippen LogP contribution < -0.4 is 10.9 Å². The molecule has 7 nitrogen and oxygen atoms in total. The molecule has 0 aliphatic rings. The summed E-state index contributed by atoms with van der Waals surface area (Å²) in [6, 6.07) is 8.13. The third-order valence-corrected chi connectivity index (χ3v) is 5.59. The fourth-order valence-electron chi connectivity index (χ4n) is 2.87. The van der Waals surface area contributed by atoms with E-state index in [2.05, 4.69) is 10.3 Å². The predicted octanol–water partition coefficient (Wildman–Crippen LogP) is 4.63. The average molecular weight is 483 g/mol. The molecule has 1 unspecified atom stereocenters. The van der Waals surface area contributed by atoms with Gasteiger partial charge in [-0.3, -0.25) is 19.0 Å². The number of esters is 1. The third kappa shape index (κ3) is 5.36. The lowest BCUT2D eigenvalue weighted by Gasteiger charge is -2.15. The number of aromatic nitrogens is 2. The highest BCUT2D eigenvalue weighted by Crippen LogP contribution is 2.32. The maximum atomic E-state index is 12.6. The molecule has 1 N–H and O–H groups in total. The van der Waals surface area contributed by atoms with Gasteiger partial charge in [-0.2, -0.15) is 0 Å². The molecular weight excluding hydrogens is 465 g/mol. The summed E-state index contributed by atoms with van der Waals surface area (Å²) in [6.45, 7) is 3.36. The van der Waals surface area contributed by atoms with Crippen LogP contribution in [0.2, 0.25) is 15.1 Å².